The molecule has 1 N–H and O–H groups in total. The number of ether oxygens (including phenoxy) is 1. The number of carboxylic acids is 1. The monoisotopic (exact) mass is 355 g/mol. The minimum Gasteiger partial charge on any atom is -0.481 e. The Hall–Kier alpha value is -2.40. The van der Waals surface area contributed by atoms with Crippen LogP contribution in [0.2, 0.25) is 0 Å². The highest BCUT2D eigenvalue weighted by Crippen LogP contribution is 2.32. The van der Waals surface area contributed by atoms with E-state index in [4.69, 9.17) is 9.84 Å². The minimum absolute atomic E-state index is 0.0239. The maximum absolute atomic E-state index is 12.1. The molecule has 2 aromatic rings. The lowest BCUT2D eigenvalue weighted by Crippen LogP contribution is -2.26. The maximum atomic E-state index is 12.1. The second-order valence-corrected chi connectivity index (χ2v) is 6.97. The number of carbonyl (C=O) groups excluding carboxylic acids is 1. The summed E-state index contributed by atoms with van der Waals surface area (Å²) in [7, 11) is 2.16. The summed E-state index contributed by atoms with van der Waals surface area (Å²) in [5, 5.41) is 10.7. The molecule has 3 rings (SSSR count). The number of benzene rings is 2. The van der Waals surface area contributed by atoms with Gasteiger partial charge in [0.1, 0.15) is 5.75 Å². The van der Waals surface area contributed by atoms with E-state index in [1.165, 1.54) is 18.4 Å². The number of nitrogens with zero attached hydrogens (tertiary/aromatic N) is 1. The van der Waals surface area contributed by atoms with Gasteiger partial charge in [0.15, 0.2) is 0 Å². The van der Waals surface area contributed by atoms with Gasteiger partial charge in [-0.2, -0.15) is 0 Å². The number of carboxylic acid groups (broad SMARTS) is 1. The van der Waals surface area contributed by atoms with E-state index in [-0.39, 0.29) is 18.8 Å². The number of hydrogen-bond donors (Lipinski definition) is 1. The van der Waals surface area contributed by atoms with E-state index < -0.39 is 5.97 Å². The van der Waals surface area contributed by atoms with Gasteiger partial charge < -0.3 is 14.7 Å². The van der Waals surface area contributed by atoms with Gasteiger partial charge in [0.2, 0.25) is 0 Å². The molecule has 0 amide bonds. The van der Waals surface area contributed by atoms with Gasteiger partial charge in [-0.3, -0.25) is 9.59 Å². The van der Waals surface area contributed by atoms with Gasteiger partial charge in [-0.25, -0.2) is 0 Å². The second-order valence-electron chi connectivity index (χ2n) is 6.97. The lowest BCUT2D eigenvalue weighted by Gasteiger charge is -2.21. The molecule has 1 saturated heterocycles. The second kappa shape index (κ2) is 8.32. The Kier molecular flexibility index (Phi) is 5.89. The van der Waals surface area contributed by atoms with E-state index in [9.17, 15) is 9.59 Å². The standard InChI is InChI=1S/C21H25NO4/c1-22-13-5-9-17(22)14-16-8-2-6-15-7-3-10-18(21(15)16)26-20(25)12-4-11-19(23)24/h2-3,6-8,10,17H,4-5,9,11-14H2,1H3,(H,23,24). The molecular formula is C21H25NO4. The van der Waals surface area contributed by atoms with Gasteiger partial charge in [-0.1, -0.05) is 30.3 Å². The molecule has 0 radical (unpaired) electrons. The zero-order valence-corrected chi connectivity index (χ0v) is 15.1. The fraction of sp³-hybridized carbons (Fsp3) is 0.429. The van der Waals surface area contributed by atoms with Crippen molar-refractivity contribution in [3.63, 3.8) is 0 Å². The van der Waals surface area contributed by atoms with E-state index in [1.54, 1.807) is 0 Å². The first-order chi connectivity index (χ1) is 12.5. The zero-order valence-electron chi connectivity index (χ0n) is 15.1. The number of aliphatic carboxylic acids is 1. The normalized spacial score (nSPS) is 17.5. The zero-order chi connectivity index (χ0) is 18.5. The molecule has 0 saturated carbocycles. The molecule has 1 fully saturated rings. The lowest BCUT2D eigenvalue weighted by atomic mass is 9.97. The van der Waals surface area contributed by atoms with Crippen molar-refractivity contribution in [1.29, 1.82) is 0 Å². The van der Waals surface area contributed by atoms with E-state index in [0.717, 1.165) is 23.7 Å². The number of hydrogen-bond acceptors (Lipinski definition) is 4. The molecule has 0 aromatic heterocycles. The predicted molar refractivity (Wildman–Crippen MR) is 100 cm³/mol. The number of esters is 1. The van der Waals surface area contributed by atoms with Gasteiger partial charge in [0.25, 0.3) is 0 Å². The summed E-state index contributed by atoms with van der Waals surface area (Å²) in [4.78, 5) is 25.1. The highest BCUT2D eigenvalue weighted by Gasteiger charge is 2.22. The molecule has 1 aliphatic heterocycles. The first kappa shape index (κ1) is 18.4. The van der Waals surface area contributed by atoms with Gasteiger partial charge in [-0.15, -0.1) is 0 Å². The maximum Gasteiger partial charge on any atom is 0.311 e. The molecule has 2 aromatic carbocycles. The van der Waals surface area contributed by atoms with Crippen LogP contribution in [-0.4, -0.2) is 41.6 Å². The average molecular weight is 355 g/mol. The van der Waals surface area contributed by atoms with Crippen molar-refractivity contribution in [2.24, 2.45) is 0 Å². The molecule has 5 heteroatoms. The molecule has 0 bridgehead atoms. The number of fused-ring (bicyclic) bond motifs is 1. The summed E-state index contributed by atoms with van der Waals surface area (Å²) in [5.41, 5.74) is 1.19. The van der Waals surface area contributed by atoms with Gasteiger partial charge in [-0.05, 0) is 56.3 Å². The summed E-state index contributed by atoms with van der Waals surface area (Å²) in [5.74, 6) is -0.712. The Morgan fingerprint density at radius 2 is 1.96 bits per heavy atom. The Morgan fingerprint density at radius 1 is 1.19 bits per heavy atom. The molecule has 26 heavy (non-hydrogen) atoms. The average Bonchev–Trinajstić information content (AvgIpc) is 3.00. The van der Waals surface area contributed by atoms with Crippen molar-refractivity contribution >= 4 is 22.7 Å². The number of carbonyl (C=O) groups is 2. The Balaban J connectivity index is 1.81. The molecule has 0 aliphatic carbocycles. The smallest absolute Gasteiger partial charge is 0.311 e. The number of likely N-dealkylation sites (N-methyl/N-ethyl adjacent to an activating group) is 1. The molecule has 138 valence electrons. The van der Waals surface area contributed by atoms with Crippen LogP contribution < -0.4 is 4.74 Å². The van der Waals surface area contributed by atoms with Gasteiger partial charge >= 0.3 is 11.9 Å². The highest BCUT2D eigenvalue weighted by molar-refractivity contribution is 5.93. The third kappa shape index (κ3) is 4.41. The summed E-state index contributed by atoms with van der Waals surface area (Å²) < 4.78 is 5.60. The minimum atomic E-state index is -0.897. The fourth-order valence-corrected chi connectivity index (χ4v) is 3.69. The van der Waals surface area contributed by atoms with Crippen molar-refractivity contribution in [3.8, 4) is 5.75 Å². The van der Waals surface area contributed by atoms with Gasteiger partial charge in [0.05, 0.1) is 0 Å². The van der Waals surface area contributed by atoms with E-state index in [0.29, 0.717) is 18.2 Å². The lowest BCUT2D eigenvalue weighted by molar-refractivity contribution is -0.137. The topological polar surface area (TPSA) is 66.8 Å². The fourth-order valence-electron chi connectivity index (χ4n) is 3.69. The molecule has 1 unspecified atom stereocenters. The number of rotatable bonds is 7. The van der Waals surface area contributed by atoms with Crippen LogP contribution in [0.15, 0.2) is 36.4 Å². The molecule has 5 nitrogen and oxygen atoms in total. The largest absolute Gasteiger partial charge is 0.481 e. The number of likely N-dealkylation sites (tertiary alicyclic amines) is 1. The Bertz CT molecular complexity index is 796. The summed E-state index contributed by atoms with van der Waals surface area (Å²) >= 11 is 0. The van der Waals surface area contributed by atoms with Crippen LogP contribution in [0.3, 0.4) is 0 Å². The SMILES string of the molecule is CN1CCCC1Cc1cccc2cccc(OC(=O)CCCC(=O)O)c12. The van der Waals surface area contributed by atoms with Crippen molar-refractivity contribution < 1.29 is 19.4 Å². The summed E-state index contributed by atoms with van der Waals surface area (Å²) in [6.45, 7) is 1.13. The van der Waals surface area contributed by atoms with E-state index in [1.807, 2.05) is 30.3 Å². The van der Waals surface area contributed by atoms with Crippen LogP contribution in [0.5, 0.6) is 5.75 Å². The third-order valence-corrected chi connectivity index (χ3v) is 5.08. The molecule has 1 heterocycles. The quantitative estimate of drug-likeness (QED) is 0.607. The van der Waals surface area contributed by atoms with E-state index in [2.05, 4.69) is 18.0 Å². The Morgan fingerprint density at radius 3 is 2.65 bits per heavy atom. The van der Waals surface area contributed by atoms with Crippen LogP contribution in [-0.2, 0) is 16.0 Å². The van der Waals surface area contributed by atoms with Crippen LogP contribution in [0.25, 0.3) is 10.8 Å². The molecule has 1 aliphatic rings. The van der Waals surface area contributed by atoms with Crippen LogP contribution in [0.4, 0.5) is 0 Å². The van der Waals surface area contributed by atoms with Crippen molar-refractivity contribution in [2.45, 2.75) is 44.6 Å². The van der Waals surface area contributed by atoms with Crippen molar-refractivity contribution in [2.75, 3.05) is 13.6 Å². The van der Waals surface area contributed by atoms with Crippen LogP contribution in [0, 0.1) is 0 Å². The van der Waals surface area contributed by atoms with Crippen LogP contribution in [0.1, 0.15) is 37.7 Å². The molecule has 0 spiro atoms. The van der Waals surface area contributed by atoms with Crippen LogP contribution >= 0.6 is 0 Å². The first-order valence-corrected chi connectivity index (χ1v) is 9.18. The predicted octanol–water partition coefficient (Wildman–Crippen LogP) is 3.64. The van der Waals surface area contributed by atoms with Crippen molar-refractivity contribution in [3.05, 3.63) is 42.0 Å². The molecular weight excluding hydrogens is 330 g/mol. The first-order valence-electron chi connectivity index (χ1n) is 9.18. The van der Waals surface area contributed by atoms with E-state index >= 15 is 0 Å². The third-order valence-electron chi connectivity index (χ3n) is 5.08. The Labute approximate surface area is 153 Å². The van der Waals surface area contributed by atoms with Gasteiger partial charge in [0, 0.05) is 24.3 Å². The molecule has 1 atom stereocenters. The highest BCUT2D eigenvalue weighted by atomic mass is 16.5. The summed E-state index contributed by atoms with van der Waals surface area (Å²) in [6.07, 6.45) is 3.71. The summed E-state index contributed by atoms with van der Waals surface area (Å²) in [6, 6.07) is 12.4. The van der Waals surface area contributed by atoms with Crippen molar-refractivity contribution in [1.82, 2.24) is 4.90 Å².